The summed E-state index contributed by atoms with van der Waals surface area (Å²) in [5, 5.41) is 17.1. The Bertz CT molecular complexity index is 246. The summed E-state index contributed by atoms with van der Waals surface area (Å²) in [6, 6.07) is 0. The fourth-order valence-corrected chi connectivity index (χ4v) is 1.02. The first-order valence-electron chi connectivity index (χ1n) is 3.92. The summed E-state index contributed by atoms with van der Waals surface area (Å²) in [4.78, 5) is 31.9. The summed E-state index contributed by atoms with van der Waals surface area (Å²) in [7, 11) is 1.12. The van der Waals surface area contributed by atoms with Crippen LogP contribution in [0.5, 0.6) is 0 Å². The SMILES string of the molecule is COC(=O)C(C)C(CC(=O)O)C(=O)O. The Hall–Kier alpha value is -1.59. The molecule has 6 nitrogen and oxygen atoms in total. The molecule has 80 valence electrons. The van der Waals surface area contributed by atoms with Crippen LogP contribution < -0.4 is 0 Å². The molecule has 0 heterocycles. The van der Waals surface area contributed by atoms with Gasteiger partial charge in [0, 0.05) is 0 Å². The van der Waals surface area contributed by atoms with Gasteiger partial charge in [-0.2, -0.15) is 0 Å². The lowest BCUT2D eigenvalue weighted by atomic mass is 9.91. The minimum absolute atomic E-state index is 0.592. The highest BCUT2D eigenvalue weighted by Gasteiger charge is 2.32. The monoisotopic (exact) mass is 204 g/mol. The molecule has 0 aromatic heterocycles. The lowest BCUT2D eigenvalue weighted by molar-refractivity contribution is -0.157. The molecule has 0 radical (unpaired) electrons. The van der Waals surface area contributed by atoms with Crippen LogP contribution in [-0.4, -0.2) is 35.2 Å². The van der Waals surface area contributed by atoms with Crippen molar-refractivity contribution in [2.24, 2.45) is 11.8 Å². The molecular weight excluding hydrogens is 192 g/mol. The van der Waals surface area contributed by atoms with Gasteiger partial charge in [0.05, 0.1) is 25.4 Å². The van der Waals surface area contributed by atoms with Crippen molar-refractivity contribution in [2.75, 3.05) is 7.11 Å². The number of rotatable bonds is 5. The number of carboxylic acids is 2. The van der Waals surface area contributed by atoms with Crippen molar-refractivity contribution in [1.29, 1.82) is 0 Å². The predicted octanol–water partition coefficient (Wildman–Crippen LogP) is -0.0290. The summed E-state index contributed by atoms with van der Waals surface area (Å²) in [5.41, 5.74) is 0. The Balaban J connectivity index is 4.56. The molecule has 0 aliphatic carbocycles. The van der Waals surface area contributed by atoms with Crippen molar-refractivity contribution >= 4 is 17.9 Å². The second-order valence-corrected chi connectivity index (χ2v) is 2.85. The molecule has 0 aromatic carbocycles. The Morgan fingerprint density at radius 2 is 1.79 bits per heavy atom. The maximum atomic E-state index is 11.0. The fraction of sp³-hybridized carbons (Fsp3) is 0.625. The summed E-state index contributed by atoms with van der Waals surface area (Å²) < 4.78 is 4.33. The number of carboxylic acid groups (broad SMARTS) is 2. The zero-order valence-corrected chi connectivity index (χ0v) is 7.89. The van der Waals surface area contributed by atoms with E-state index in [1.54, 1.807) is 0 Å². The minimum Gasteiger partial charge on any atom is -0.481 e. The van der Waals surface area contributed by atoms with E-state index >= 15 is 0 Å². The van der Waals surface area contributed by atoms with Crippen LogP contribution in [0.25, 0.3) is 0 Å². The molecule has 2 unspecified atom stereocenters. The van der Waals surface area contributed by atoms with E-state index in [4.69, 9.17) is 10.2 Å². The summed E-state index contributed by atoms with van der Waals surface area (Å²) >= 11 is 0. The average Bonchev–Trinajstić information content (AvgIpc) is 2.11. The van der Waals surface area contributed by atoms with E-state index in [1.807, 2.05) is 0 Å². The molecule has 6 heteroatoms. The number of carbonyl (C=O) groups is 3. The number of ether oxygens (including phenoxy) is 1. The largest absolute Gasteiger partial charge is 0.481 e. The van der Waals surface area contributed by atoms with Crippen molar-refractivity contribution in [1.82, 2.24) is 0 Å². The van der Waals surface area contributed by atoms with Crippen LogP contribution in [0, 0.1) is 11.8 Å². The quantitative estimate of drug-likeness (QED) is 0.610. The Morgan fingerprint density at radius 1 is 1.29 bits per heavy atom. The number of aliphatic carboxylic acids is 2. The molecule has 14 heavy (non-hydrogen) atoms. The lowest BCUT2D eigenvalue weighted by Crippen LogP contribution is -2.30. The zero-order valence-electron chi connectivity index (χ0n) is 7.89. The summed E-state index contributed by atoms with van der Waals surface area (Å²) in [6.07, 6.45) is -0.592. The van der Waals surface area contributed by atoms with E-state index in [1.165, 1.54) is 6.92 Å². The third-order valence-corrected chi connectivity index (χ3v) is 1.89. The van der Waals surface area contributed by atoms with Gasteiger partial charge < -0.3 is 14.9 Å². The highest BCUT2D eigenvalue weighted by molar-refractivity contribution is 5.84. The molecule has 0 spiro atoms. The minimum atomic E-state index is -1.31. The Morgan fingerprint density at radius 3 is 2.07 bits per heavy atom. The molecule has 0 fully saturated rings. The smallest absolute Gasteiger partial charge is 0.309 e. The molecule has 2 N–H and O–H groups in total. The second-order valence-electron chi connectivity index (χ2n) is 2.85. The van der Waals surface area contributed by atoms with Crippen molar-refractivity contribution in [3.63, 3.8) is 0 Å². The first kappa shape index (κ1) is 12.4. The molecule has 2 atom stereocenters. The molecular formula is C8H12O6. The highest BCUT2D eigenvalue weighted by Crippen LogP contribution is 2.17. The van der Waals surface area contributed by atoms with Gasteiger partial charge in [-0.3, -0.25) is 14.4 Å². The van der Waals surface area contributed by atoms with Gasteiger partial charge >= 0.3 is 17.9 Å². The number of methoxy groups -OCH3 is 1. The predicted molar refractivity (Wildman–Crippen MR) is 44.6 cm³/mol. The Kier molecular flexibility index (Phi) is 4.62. The number of esters is 1. The maximum absolute atomic E-state index is 11.0. The topological polar surface area (TPSA) is 101 Å². The van der Waals surface area contributed by atoms with Gasteiger partial charge in [-0.1, -0.05) is 6.92 Å². The Labute approximate surface area is 80.5 Å². The molecule has 0 bridgehead atoms. The van der Waals surface area contributed by atoms with Gasteiger partial charge in [-0.05, 0) is 0 Å². The molecule has 0 saturated heterocycles. The van der Waals surface area contributed by atoms with Crippen molar-refractivity contribution in [3.8, 4) is 0 Å². The van der Waals surface area contributed by atoms with Gasteiger partial charge in [-0.15, -0.1) is 0 Å². The van der Waals surface area contributed by atoms with Gasteiger partial charge in [0.15, 0.2) is 0 Å². The highest BCUT2D eigenvalue weighted by atomic mass is 16.5. The zero-order chi connectivity index (χ0) is 11.3. The third-order valence-electron chi connectivity index (χ3n) is 1.89. The van der Waals surface area contributed by atoms with Crippen molar-refractivity contribution in [2.45, 2.75) is 13.3 Å². The molecule has 0 aliphatic heterocycles. The van der Waals surface area contributed by atoms with E-state index in [9.17, 15) is 14.4 Å². The van der Waals surface area contributed by atoms with Crippen LogP contribution in [0.4, 0.5) is 0 Å². The standard InChI is InChI=1S/C8H12O6/c1-4(8(13)14-2)5(7(11)12)3-6(9)10/h4-5H,3H2,1-2H3,(H,9,10)(H,11,12). The van der Waals surface area contributed by atoms with Crippen LogP contribution in [0.1, 0.15) is 13.3 Å². The fourth-order valence-electron chi connectivity index (χ4n) is 1.02. The van der Waals surface area contributed by atoms with E-state index in [-0.39, 0.29) is 0 Å². The van der Waals surface area contributed by atoms with E-state index in [0.717, 1.165) is 7.11 Å². The van der Waals surface area contributed by atoms with Gasteiger partial charge in [0.25, 0.3) is 0 Å². The summed E-state index contributed by atoms with van der Waals surface area (Å²) in [5.74, 6) is -5.51. The van der Waals surface area contributed by atoms with Gasteiger partial charge in [-0.25, -0.2) is 0 Å². The third kappa shape index (κ3) is 3.42. The lowest BCUT2D eigenvalue weighted by Gasteiger charge is -2.15. The van der Waals surface area contributed by atoms with Crippen LogP contribution in [0.3, 0.4) is 0 Å². The maximum Gasteiger partial charge on any atom is 0.309 e. The molecule has 0 saturated carbocycles. The normalized spacial score (nSPS) is 14.1. The number of hydrogen-bond donors (Lipinski definition) is 2. The van der Waals surface area contributed by atoms with Gasteiger partial charge in [0.1, 0.15) is 0 Å². The molecule has 0 rings (SSSR count). The van der Waals surface area contributed by atoms with Crippen LogP contribution in [-0.2, 0) is 19.1 Å². The summed E-state index contributed by atoms with van der Waals surface area (Å²) in [6.45, 7) is 1.33. The number of hydrogen-bond acceptors (Lipinski definition) is 4. The molecule has 0 aromatic rings. The number of carbonyl (C=O) groups excluding carboxylic acids is 1. The van der Waals surface area contributed by atoms with Gasteiger partial charge in [0.2, 0.25) is 0 Å². The second kappa shape index (κ2) is 5.21. The van der Waals surface area contributed by atoms with Crippen molar-refractivity contribution in [3.05, 3.63) is 0 Å². The van der Waals surface area contributed by atoms with E-state index < -0.39 is 36.2 Å². The first-order valence-corrected chi connectivity index (χ1v) is 3.92. The van der Waals surface area contributed by atoms with Crippen molar-refractivity contribution < 1.29 is 29.3 Å². The molecule has 0 amide bonds. The van der Waals surface area contributed by atoms with E-state index in [0.29, 0.717) is 0 Å². The van der Waals surface area contributed by atoms with E-state index in [2.05, 4.69) is 4.74 Å². The first-order chi connectivity index (χ1) is 6.40. The average molecular weight is 204 g/mol. The van der Waals surface area contributed by atoms with Crippen LogP contribution in [0.2, 0.25) is 0 Å². The van der Waals surface area contributed by atoms with Crippen LogP contribution in [0.15, 0.2) is 0 Å². The van der Waals surface area contributed by atoms with Crippen LogP contribution >= 0.6 is 0 Å². The molecule has 0 aliphatic rings.